The van der Waals surface area contributed by atoms with Crippen LogP contribution in [0, 0.1) is 0 Å². The molecule has 2 aromatic heterocycles. The van der Waals surface area contributed by atoms with Crippen molar-refractivity contribution in [2.24, 2.45) is 0 Å². The smallest absolute Gasteiger partial charge is 0.272 e. The second kappa shape index (κ2) is 7.36. The Morgan fingerprint density at radius 3 is 2.68 bits per heavy atom. The SMILES string of the molecule is CC(C)(C)NC(=O)c1n[nH]c2ccc(-c3cncc(CN4CCCC4)c3)cc12. The molecule has 0 bridgehead atoms. The third-order valence-electron chi connectivity index (χ3n) is 5.00. The summed E-state index contributed by atoms with van der Waals surface area (Å²) in [4.78, 5) is 19.5. The predicted octanol–water partition coefficient (Wildman–Crippen LogP) is 3.75. The van der Waals surface area contributed by atoms with E-state index in [1.165, 1.54) is 18.4 Å². The lowest BCUT2D eigenvalue weighted by Crippen LogP contribution is -2.40. The van der Waals surface area contributed by atoms with E-state index in [2.05, 4.69) is 31.5 Å². The minimum Gasteiger partial charge on any atom is -0.346 e. The highest BCUT2D eigenvalue weighted by Crippen LogP contribution is 2.26. The molecule has 1 fully saturated rings. The van der Waals surface area contributed by atoms with E-state index in [0.29, 0.717) is 5.69 Å². The van der Waals surface area contributed by atoms with Crippen molar-refractivity contribution in [3.8, 4) is 11.1 Å². The molecule has 6 heteroatoms. The first-order valence-corrected chi connectivity index (χ1v) is 9.86. The number of hydrogen-bond donors (Lipinski definition) is 2. The Balaban J connectivity index is 1.64. The zero-order valence-electron chi connectivity index (χ0n) is 16.7. The van der Waals surface area contributed by atoms with Crippen LogP contribution in [-0.2, 0) is 6.54 Å². The van der Waals surface area contributed by atoms with Crippen molar-refractivity contribution < 1.29 is 4.79 Å². The first-order chi connectivity index (χ1) is 13.4. The maximum Gasteiger partial charge on any atom is 0.272 e. The average Bonchev–Trinajstić information content (AvgIpc) is 3.29. The van der Waals surface area contributed by atoms with Crippen molar-refractivity contribution in [2.75, 3.05) is 13.1 Å². The predicted molar refractivity (Wildman–Crippen MR) is 111 cm³/mol. The lowest BCUT2D eigenvalue weighted by molar-refractivity contribution is 0.0916. The third kappa shape index (κ3) is 4.07. The number of benzene rings is 1. The monoisotopic (exact) mass is 377 g/mol. The quantitative estimate of drug-likeness (QED) is 0.726. The topological polar surface area (TPSA) is 73.9 Å². The van der Waals surface area contributed by atoms with Crippen molar-refractivity contribution >= 4 is 16.8 Å². The van der Waals surface area contributed by atoms with Gasteiger partial charge in [0.1, 0.15) is 0 Å². The van der Waals surface area contributed by atoms with E-state index in [1.54, 1.807) is 0 Å². The highest BCUT2D eigenvalue weighted by molar-refractivity contribution is 6.05. The molecule has 0 unspecified atom stereocenters. The molecule has 6 nitrogen and oxygen atoms in total. The molecule has 0 aliphatic carbocycles. The molecule has 1 saturated heterocycles. The molecule has 0 spiro atoms. The van der Waals surface area contributed by atoms with Gasteiger partial charge in [-0.05, 0) is 76.0 Å². The van der Waals surface area contributed by atoms with E-state index in [-0.39, 0.29) is 11.4 Å². The lowest BCUT2D eigenvalue weighted by atomic mass is 10.0. The van der Waals surface area contributed by atoms with Gasteiger partial charge in [0, 0.05) is 35.4 Å². The number of aromatic amines is 1. The minimum absolute atomic E-state index is 0.170. The third-order valence-corrected chi connectivity index (χ3v) is 5.00. The van der Waals surface area contributed by atoms with Crippen molar-refractivity contribution in [3.05, 3.63) is 47.9 Å². The van der Waals surface area contributed by atoms with Crippen LogP contribution in [0.2, 0.25) is 0 Å². The number of rotatable bonds is 4. The molecule has 3 aromatic rings. The molecule has 1 amide bonds. The van der Waals surface area contributed by atoms with Crippen LogP contribution in [0.1, 0.15) is 49.7 Å². The molecule has 146 valence electrons. The van der Waals surface area contributed by atoms with Crippen LogP contribution >= 0.6 is 0 Å². The number of amides is 1. The molecule has 4 rings (SSSR count). The van der Waals surface area contributed by atoms with Crippen LogP contribution in [0.25, 0.3) is 22.0 Å². The molecular weight excluding hydrogens is 350 g/mol. The van der Waals surface area contributed by atoms with Crippen LogP contribution in [0.15, 0.2) is 36.7 Å². The van der Waals surface area contributed by atoms with Crippen LogP contribution < -0.4 is 5.32 Å². The normalized spacial score (nSPS) is 15.2. The average molecular weight is 377 g/mol. The Hall–Kier alpha value is -2.73. The van der Waals surface area contributed by atoms with Gasteiger partial charge in [0.05, 0.1) is 5.52 Å². The van der Waals surface area contributed by atoms with Crippen molar-refractivity contribution in [3.63, 3.8) is 0 Å². The molecule has 3 heterocycles. The van der Waals surface area contributed by atoms with Gasteiger partial charge in [-0.2, -0.15) is 5.10 Å². The number of carbonyl (C=O) groups is 1. The number of aromatic nitrogens is 3. The summed E-state index contributed by atoms with van der Waals surface area (Å²) in [6.07, 6.45) is 6.39. The molecule has 1 aliphatic heterocycles. The zero-order chi connectivity index (χ0) is 19.7. The fourth-order valence-corrected chi connectivity index (χ4v) is 3.70. The summed E-state index contributed by atoms with van der Waals surface area (Å²) >= 11 is 0. The largest absolute Gasteiger partial charge is 0.346 e. The van der Waals surface area contributed by atoms with Crippen molar-refractivity contribution in [1.29, 1.82) is 0 Å². The Bertz CT molecular complexity index is 996. The highest BCUT2D eigenvalue weighted by atomic mass is 16.2. The van der Waals surface area contributed by atoms with Crippen molar-refractivity contribution in [2.45, 2.75) is 45.7 Å². The maximum absolute atomic E-state index is 12.6. The minimum atomic E-state index is -0.312. The molecular formula is C22H27N5O. The fourth-order valence-electron chi connectivity index (χ4n) is 3.70. The summed E-state index contributed by atoms with van der Waals surface area (Å²) in [5.74, 6) is -0.170. The van der Waals surface area contributed by atoms with Gasteiger partial charge in [-0.25, -0.2) is 0 Å². The number of hydrogen-bond acceptors (Lipinski definition) is 4. The van der Waals surface area contributed by atoms with Gasteiger partial charge < -0.3 is 5.32 Å². The van der Waals surface area contributed by atoms with Gasteiger partial charge in [0.25, 0.3) is 5.91 Å². The summed E-state index contributed by atoms with van der Waals surface area (Å²) in [5.41, 5.74) is 4.28. The standard InChI is InChI=1S/C22H27N5O/c1-22(2,3)24-21(28)20-18-11-16(6-7-19(18)25-26-20)17-10-15(12-23-13-17)14-27-8-4-5-9-27/h6-7,10-13H,4-5,8-9,14H2,1-3H3,(H,24,28)(H,25,26). The van der Waals surface area contributed by atoms with E-state index < -0.39 is 0 Å². The first kappa shape index (κ1) is 18.6. The number of fused-ring (bicyclic) bond motifs is 1. The summed E-state index contributed by atoms with van der Waals surface area (Å²) in [5, 5.41) is 11.0. The summed E-state index contributed by atoms with van der Waals surface area (Å²) < 4.78 is 0. The van der Waals surface area contributed by atoms with Gasteiger partial charge in [-0.3, -0.25) is 19.8 Å². The summed E-state index contributed by atoms with van der Waals surface area (Å²) in [7, 11) is 0. The van der Waals surface area contributed by atoms with Crippen LogP contribution in [0.5, 0.6) is 0 Å². The second-order valence-electron chi connectivity index (χ2n) is 8.60. The molecule has 2 N–H and O–H groups in total. The van der Waals surface area contributed by atoms with Gasteiger partial charge >= 0.3 is 0 Å². The van der Waals surface area contributed by atoms with Gasteiger partial charge in [0.2, 0.25) is 0 Å². The van der Waals surface area contributed by atoms with Gasteiger partial charge in [-0.1, -0.05) is 6.07 Å². The highest BCUT2D eigenvalue weighted by Gasteiger charge is 2.20. The summed E-state index contributed by atoms with van der Waals surface area (Å²) in [6.45, 7) is 9.15. The van der Waals surface area contributed by atoms with E-state index in [0.717, 1.165) is 41.7 Å². The molecule has 0 radical (unpaired) electrons. The number of carbonyl (C=O) groups excluding carboxylic acids is 1. The Kier molecular flexibility index (Phi) is 4.89. The molecule has 0 saturated carbocycles. The van der Waals surface area contributed by atoms with Gasteiger partial charge in [0.15, 0.2) is 5.69 Å². The van der Waals surface area contributed by atoms with Gasteiger partial charge in [-0.15, -0.1) is 0 Å². The second-order valence-corrected chi connectivity index (χ2v) is 8.60. The van der Waals surface area contributed by atoms with Crippen LogP contribution in [0.3, 0.4) is 0 Å². The van der Waals surface area contributed by atoms with Crippen LogP contribution in [-0.4, -0.2) is 44.6 Å². The fraction of sp³-hybridized carbons (Fsp3) is 0.409. The number of nitrogens with zero attached hydrogens (tertiary/aromatic N) is 3. The summed E-state index contributed by atoms with van der Waals surface area (Å²) in [6, 6.07) is 8.23. The number of nitrogens with one attached hydrogen (secondary N) is 2. The van der Waals surface area contributed by atoms with E-state index in [4.69, 9.17) is 0 Å². The number of likely N-dealkylation sites (tertiary alicyclic amines) is 1. The van der Waals surface area contributed by atoms with Crippen LogP contribution in [0.4, 0.5) is 0 Å². The molecule has 1 aromatic carbocycles. The molecule has 0 atom stereocenters. The molecule has 28 heavy (non-hydrogen) atoms. The Morgan fingerprint density at radius 1 is 1.14 bits per heavy atom. The lowest BCUT2D eigenvalue weighted by Gasteiger charge is -2.19. The maximum atomic E-state index is 12.6. The zero-order valence-corrected chi connectivity index (χ0v) is 16.7. The number of H-pyrrole nitrogens is 1. The van der Waals surface area contributed by atoms with Crippen molar-refractivity contribution in [1.82, 2.24) is 25.4 Å². The van der Waals surface area contributed by atoms with E-state index >= 15 is 0 Å². The first-order valence-electron chi connectivity index (χ1n) is 9.86. The van der Waals surface area contributed by atoms with E-state index in [9.17, 15) is 4.79 Å². The Morgan fingerprint density at radius 2 is 1.93 bits per heavy atom. The Labute approximate surface area is 165 Å². The number of pyridine rings is 1. The molecule has 1 aliphatic rings. The van der Waals surface area contributed by atoms with E-state index in [1.807, 2.05) is 51.4 Å².